The van der Waals surface area contributed by atoms with Crippen molar-refractivity contribution in [1.82, 2.24) is 10.2 Å². The maximum absolute atomic E-state index is 12.6. The van der Waals surface area contributed by atoms with Gasteiger partial charge in [0.2, 0.25) is 0 Å². The molecule has 1 aromatic rings. The summed E-state index contributed by atoms with van der Waals surface area (Å²) < 4.78 is 47.6. The van der Waals surface area contributed by atoms with E-state index in [4.69, 9.17) is 4.74 Å². The van der Waals surface area contributed by atoms with Gasteiger partial charge in [-0.1, -0.05) is 12.8 Å². The zero-order valence-corrected chi connectivity index (χ0v) is 15.7. The van der Waals surface area contributed by atoms with Crippen molar-refractivity contribution in [3.63, 3.8) is 0 Å². The molecule has 0 radical (unpaired) electrons. The number of hydrogen-bond donors (Lipinski definition) is 1. The lowest BCUT2D eigenvalue weighted by atomic mass is 9.89. The zero-order valence-electron chi connectivity index (χ0n) is 14.8. The van der Waals surface area contributed by atoms with E-state index in [2.05, 4.69) is 15.0 Å². The van der Waals surface area contributed by atoms with E-state index in [0.29, 0.717) is 11.7 Å². The van der Waals surface area contributed by atoms with Gasteiger partial charge in [0.1, 0.15) is 11.5 Å². The highest BCUT2D eigenvalue weighted by Gasteiger charge is 2.35. The number of nitrogens with one attached hydrogen (secondary N) is 1. The van der Waals surface area contributed by atoms with Crippen molar-refractivity contribution in [2.75, 3.05) is 33.3 Å². The maximum atomic E-state index is 12.6. The van der Waals surface area contributed by atoms with E-state index in [0.717, 1.165) is 44.6 Å². The zero-order chi connectivity index (χ0) is 17.9. The first-order valence-electron chi connectivity index (χ1n) is 8.86. The molecule has 8 heteroatoms. The van der Waals surface area contributed by atoms with Gasteiger partial charge in [-0.15, -0.1) is 25.6 Å². The first-order chi connectivity index (χ1) is 12.0. The molecule has 1 heterocycles. The summed E-state index contributed by atoms with van der Waals surface area (Å²) in [6.07, 6.45) is -0.142. The fourth-order valence-corrected chi connectivity index (χ4v) is 4.12. The van der Waals surface area contributed by atoms with Crippen LogP contribution >= 0.6 is 12.4 Å². The molecule has 3 rings (SSSR count). The highest BCUT2D eigenvalue weighted by atomic mass is 35.5. The average molecular weight is 395 g/mol. The average Bonchev–Trinajstić information content (AvgIpc) is 3.09. The number of methoxy groups -OCH3 is 1. The fraction of sp³-hybridized carbons (Fsp3) is 0.667. The SMILES string of the molecule is COc1ccc(OC(F)(F)F)cc1[C@@H](C1CCCC1)N1CCNCC1.Cl. The third kappa shape index (κ3) is 5.18. The van der Waals surface area contributed by atoms with Crippen LogP contribution < -0.4 is 14.8 Å². The molecule has 4 nitrogen and oxygen atoms in total. The predicted molar refractivity (Wildman–Crippen MR) is 96.1 cm³/mol. The summed E-state index contributed by atoms with van der Waals surface area (Å²) in [6.45, 7) is 3.55. The number of halogens is 4. The molecule has 2 fully saturated rings. The fourth-order valence-electron chi connectivity index (χ4n) is 4.12. The Morgan fingerprint density at radius 3 is 2.38 bits per heavy atom. The monoisotopic (exact) mass is 394 g/mol. The van der Waals surface area contributed by atoms with E-state index in [9.17, 15) is 13.2 Å². The molecule has 2 aliphatic rings. The molecular weight excluding hydrogens is 369 g/mol. The lowest BCUT2D eigenvalue weighted by Gasteiger charge is -2.39. The van der Waals surface area contributed by atoms with Gasteiger partial charge < -0.3 is 14.8 Å². The van der Waals surface area contributed by atoms with Crippen molar-refractivity contribution < 1.29 is 22.6 Å². The molecule has 0 spiro atoms. The third-order valence-corrected chi connectivity index (χ3v) is 5.14. The number of ether oxygens (including phenoxy) is 2. The summed E-state index contributed by atoms with van der Waals surface area (Å²) in [5.41, 5.74) is 0.804. The minimum atomic E-state index is -4.69. The van der Waals surface area contributed by atoms with E-state index >= 15 is 0 Å². The van der Waals surface area contributed by atoms with Gasteiger partial charge in [0.15, 0.2) is 0 Å². The third-order valence-electron chi connectivity index (χ3n) is 5.14. The van der Waals surface area contributed by atoms with E-state index in [1.54, 1.807) is 13.2 Å². The smallest absolute Gasteiger partial charge is 0.496 e. The molecule has 1 saturated heterocycles. The second kappa shape index (κ2) is 9.15. The lowest BCUT2D eigenvalue weighted by molar-refractivity contribution is -0.274. The first-order valence-corrected chi connectivity index (χ1v) is 8.86. The normalized spacial score (nSPS) is 20.5. The number of rotatable bonds is 5. The Bertz CT molecular complexity index is 574. The topological polar surface area (TPSA) is 33.7 Å². The van der Waals surface area contributed by atoms with Crippen molar-refractivity contribution in [2.24, 2.45) is 5.92 Å². The van der Waals surface area contributed by atoms with Gasteiger partial charge in [-0.05, 0) is 37.0 Å². The van der Waals surface area contributed by atoms with Crippen molar-refractivity contribution in [2.45, 2.75) is 38.1 Å². The minimum absolute atomic E-state index is 0. The van der Waals surface area contributed by atoms with Gasteiger partial charge in [0.05, 0.1) is 7.11 Å². The summed E-state index contributed by atoms with van der Waals surface area (Å²) in [6, 6.07) is 4.48. The molecular formula is C18H26ClF3N2O2. The van der Waals surface area contributed by atoms with Gasteiger partial charge in [-0.3, -0.25) is 4.90 Å². The van der Waals surface area contributed by atoms with Gasteiger partial charge >= 0.3 is 6.36 Å². The Labute approximate surface area is 158 Å². The predicted octanol–water partition coefficient (Wildman–Crippen LogP) is 4.15. The van der Waals surface area contributed by atoms with E-state index < -0.39 is 6.36 Å². The largest absolute Gasteiger partial charge is 0.573 e. The summed E-state index contributed by atoms with van der Waals surface area (Å²) in [5, 5.41) is 3.34. The van der Waals surface area contributed by atoms with Crippen LogP contribution in [0.1, 0.15) is 37.3 Å². The summed E-state index contributed by atoms with van der Waals surface area (Å²) in [5.74, 6) is 0.888. The number of piperazine rings is 1. The lowest BCUT2D eigenvalue weighted by Crippen LogP contribution is -2.46. The Kier molecular flexibility index (Phi) is 7.43. The minimum Gasteiger partial charge on any atom is -0.496 e. The molecule has 0 amide bonds. The second-order valence-electron chi connectivity index (χ2n) is 6.73. The van der Waals surface area contributed by atoms with Gasteiger partial charge in [-0.2, -0.15) is 0 Å². The van der Waals surface area contributed by atoms with Crippen LogP contribution in [0.25, 0.3) is 0 Å². The van der Waals surface area contributed by atoms with Crippen molar-refractivity contribution in [3.05, 3.63) is 23.8 Å². The van der Waals surface area contributed by atoms with Gasteiger partial charge in [-0.25, -0.2) is 0 Å². The second-order valence-corrected chi connectivity index (χ2v) is 6.73. The van der Waals surface area contributed by atoms with Crippen LogP contribution in [-0.2, 0) is 0 Å². The molecule has 1 atom stereocenters. The van der Waals surface area contributed by atoms with Gasteiger partial charge in [0, 0.05) is 37.8 Å². The molecule has 0 unspecified atom stereocenters. The van der Waals surface area contributed by atoms with Crippen LogP contribution in [0.2, 0.25) is 0 Å². The highest BCUT2D eigenvalue weighted by Crippen LogP contribution is 2.44. The van der Waals surface area contributed by atoms with E-state index in [-0.39, 0.29) is 24.2 Å². The molecule has 1 aliphatic heterocycles. The van der Waals surface area contributed by atoms with E-state index in [1.165, 1.54) is 25.0 Å². The van der Waals surface area contributed by atoms with Crippen LogP contribution in [0.15, 0.2) is 18.2 Å². The summed E-state index contributed by atoms with van der Waals surface area (Å²) in [7, 11) is 1.56. The summed E-state index contributed by atoms with van der Waals surface area (Å²) >= 11 is 0. The van der Waals surface area contributed by atoms with Crippen LogP contribution in [-0.4, -0.2) is 44.6 Å². The molecule has 26 heavy (non-hydrogen) atoms. The highest BCUT2D eigenvalue weighted by molar-refractivity contribution is 5.85. The number of nitrogens with zero attached hydrogens (tertiary/aromatic N) is 1. The maximum Gasteiger partial charge on any atom is 0.573 e. The van der Waals surface area contributed by atoms with Gasteiger partial charge in [0.25, 0.3) is 0 Å². The molecule has 1 saturated carbocycles. The molecule has 1 aliphatic carbocycles. The Morgan fingerprint density at radius 2 is 1.81 bits per heavy atom. The van der Waals surface area contributed by atoms with Crippen molar-refractivity contribution >= 4 is 12.4 Å². The van der Waals surface area contributed by atoms with Crippen LogP contribution in [0, 0.1) is 5.92 Å². The molecule has 1 aromatic carbocycles. The quantitative estimate of drug-likeness (QED) is 0.813. The molecule has 0 aromatic heterocycles. The first kappa shape index (κ1) is 21.1. The molecule has 0 bridgehead atoms. The van der Waals surface area contributed by atoms with Crippen molar-refractivity contribution in [1.29, 1.82) is 0 Å². The Balaban J connectivity index is 0.00000243. The molecule has 1 N–H and O–H groups in total. The van der Waals surface area contributed by atoms with Crippen LogP contribution in [0.4, 0.5) is 13.2 Å². The standard InChI is InChI=1S/C18H25F3N2O2.ClH/c1-24-16-7-6-14(25-18(19,20)21)12-15(16)17(13-4-2-3-5-13)23-10-8-22-9-11-23;/h6-7,12-13,17,22H,2-5,8-11H2,1H3;1H/t17-;/m1./s1. The van der Waals surface area contributed by atoms with E-state index in [1.807, 2.05) is 0 Å². The Morgan fingerprint density at radius 1 is 1.15 bits per heavy atom. The van der Waals surface area contributed by atoms with Crippen LogP contribution in [0.3, 0.4) is 0 Å². The number of hydrogen-bond acceptors (Lipinski definition) is 4. The summed E-state index contributed by atoms with van der Waals surface area (Å²) in [4.78, 5) is 2.38. The number of benzene rings is 1. The molecule has 148 valence electrons. The van der Waals surface area contributed by atoms with Crippen LogP contribution in [0.5, 0.6) is 11.5 Å². The van der Waals surface area contributed by atoms with Crippen molar-refractivity contribution in [3.8, 4) is 11.5 Å². The number of alkyl halides is 3. The Hall–Kier alpha value is -1.18.